The topological polar surface area (TPSA) is 78.5 Å². The standard InChI is InChI=1S/C18H20F3N3O3/c1-11-4-2-3-9-17(11)15(26)24(16(27)23-17)10-14(25)22-13-7-5-12(6-8-13)18(19,20)21/h5-8,11H,2-4,9-10H2,1H3,(H,22,25)(H,23,27)/t11-,17-/m1/s1. The first-order valence-electron chi connectivity index (χ1n) is 8.75. The largest absolute Gasteiger partial charge is 0.416 e. The molecule has 4 amide bonds. The molecule has 1 aliphatic carbocycles. The molecule has 0 bridgehead atoms. The van der Waals surface area contributed by atoms with Crippen LogP contribution in [0, 0.1) is 5.92 Å². The van der Waals surface area contributed by atoms with E-state index in [1.165, 1.54) is 0 Å². The SMILES string of the molecule is C[C@@H]1CCCC[C@@]12NC(=O)N(CC(=O)Nc1ccc(C(F)(F)F)cc1)C2=O. The maximum Gasteiger partial charge on any atom is 0.416 e. The van der Waals surface area contributed by atoms with E-state index < -0.39 is 41.7 Å². The molecule has 9 heteroatoms. The number of hydrogen-bond donors (Lipinski definition) is 2. The predicted octanol–water partition coefficient (Wildman–Crippen LogP) is 3.14. The Morgan fingerprint density at radius 1 is 1.26 bits per heavy atom. The summed E-state index contributed by atoms with van der Waals surface area (Å²) in [5.41, 5.74) is -1.63. The van der Waals surface area contributed by atoms with E-state index in [9.17, 15) is 27.6 Å². The van der Waals surface area contributed by atoms with Gasteiger partial charge in [0.25, 0.3) is 5.91 Å². The normalized spacial score (nSPS) is 25.6. The Labute approximate surface area is 154 Å². The summed E-state index contributed by atoms with van der Waals surface area (Å²) in [6.07, 6.45) is -1.30. The minimum absolute atomic E-state index is 0.0225. The van der Waals surface area contributed by atoms with Gasteiger partial charge in [-0.2, -0.15) is 13.2 Å². The molecule has 6 nitrogen and oxygen atoms in total. The van der Waals surface area contributed by atoms with Crippen molar-refractivity contribution in [1.29, 1.82) is 0 Å². The second kappa shape index (κ2) is 6.86. The number of nitrogens with one attached hydrogen (secondary N) is 2. The van der Waals surface area contributed by atoms with Gasteiger partial charge in [-0.15, -0.1) is 0 Å². The molecule has 2 aliphatic rings. The molecule has 0 unspecified atom stereocenters. The van der Waals surface area contributed by atoms with Gasteiger partial charge in [-0.05, 0) is 43.0 Å². The van der Waals surface area contributed by atoms with Crippen molar-refractivity contribution in [3.63, 3.8) is 0 Å². The van der Waals surface area contributed by atoms with Crippen LogP contribution in [0.1, 0.15) is 38.2 Å². The highest BCUT2D eigenvalue weighted by molar-refractivity contribution is 6.10. The highest BCUT2D eigenvalue weighted by atomic mass is 19.4. The van der Waals surface area contributed by atoms with Crippen molar-refractivity contribution in [2.24, 2.45) is 5.92 Å². The lowest BCUT2D eigenvalue weighted by Gasteiger charge is -2.36. The van der Waals surface area contributed by atoms with Crippen molar-refractivity contribution in [3.8, 4) is 0 Å². The van der Waals surface area contributed by atoms with Gasteiger partial charge in [-0.3, -0.25) is 14.5 Å². The third-order valence-electron chi connectivity index (χ3n) is 5.30. The Morgan fingerprint density at radius 2 is 1.93 bits per heavy atom. The second-order valence-electron chi connectivity index (χ2n) is 7.06. The van der Waals surface area contributed by atoms with E-state index >= 15 is 0 Å². The van der Waals surface area contributed by atoms with E-state index in [1.807, 2.05) is 6.92 Å². The highest BCUT2D eigenvalue weighted by Crippen LogP contribution is 2.38. The second-order valence-corrected chi connectivity index (χ2v) is 7.06. The van der Waals surface area contributed by atoms with Crippen LogP contribution in [-0.4, -0.2) is 34.8 Å². The van der Waals surface area contributed by atoms with E-state index in [4.69, 9.17) is 0 Å². The zero-order chi connectivity index (χ0) is 19.8. The van der Waals surface area contributed by atoms with Crippen LogP contribution in [0.2, 0.25) is 0 Å². The van der Waals surface area contributed by atoms with Crippen LogP contribution in [0.15, 0.2) is 24.3 Å². The number of alkyl halides is 3. The molecule has 0 aromatic heterocycles. The Hall–Kier alpha value is -2.58. The van der Waals surface area contributed by atoms with E-state index in [0.717, 1.165) is 48.4 Å². The first kappa shape index (κ1) is 19.2. The van der Waals surface area contributed by atoms with Gasteiger partial charge in [0.1, 0.15) is 12.1 Å². The van der Waals surface area contributed by atoms with Crippen molar-refractivity contribution in [3.05, 3.63) is 29.8 Å². The summed E-state index contributed by atoms with van der Waals surface area (Å²) < 4.78 is 37.7. The minimum atomic E-state index is -4.46. The van der Waals surface area contributed by atoms with Crippen molar-refractivity contribution in [2.75, 3.05) is 11.9 Å². The van der Waals surface area contributed by atoms with E-state index in [-0.39, 0.29) is 11.6 Å². The fraction of sp³-hybridized carbons (Fsp3) is 0.500. The highest BCUT2D eigenvalue weighted by Gasteiger charge is 2.55. The lowest BCUT2D eigenvalue weighted by Crippen LogP contribution is -2.54. The molecular weight excluding hydrogens is 363 g/mol. The molecule has 1 aromatic rings. The maximum atomic E-state index is 12.8. The zero-order valence-corrected chi connectivity index (χ0v) is 14.7. The van der Waals surface area contributed by atoms with Gasteiger partial charge in [0, 0.05) is 5.69 Å². The molecule has 2 atom stereocenters. The first-order valence-corrected chi connectivity index (χ1v) is 8.75. The monoisotopic (exact) mass is 383 g/mol. The maximum absolute atomic E-state index is 12.8. The Balaban J connectivity index is 1.65. The lowest BCUT2D eigenvalue weighted by molar-refractivity contribution is -0.137. The first-order chi connectivity index (χ1) is 12.6. The Morgan fingerprint density at radius 3 is 2.52 bits per heavy atom. The van der Waals surface area contributed by atoms with Crippen molar-refractivity contribution >= 4 is 23.5 Å². The molecule has 0 radical (unpaired) electrons. The van der Waals surface area contributed by atoms with Gasteiger partial charge in [-0.25, -0.2) is 4.79 Å². The van der Waals surface area contributed by atoms with Crippen LogP contribution >= 0.6 is 0 Å². The number of anilines is 1. The quantitative estimate of drug-likeness (QED) is 0.787. The summed E-state index contributed by atoms with van der Waals surface area (Å²) >= 11 is 0. The number of benzene rings is 1. The number of imide groups is 1. The lowest BCUT2D eigenvalue weighted by atomic mass is 9.73. The zero-order valence-electron chi connectivity index (χ0n) is 14.7. The number of hydrogen-bond acceptors (Lipinski definition) is 3. The van der Waals surface area contributed by atoms with Gasteiger partial charge in [0.15, 0.2) is 0 Å². The third-order valence-corrected chi connectivity index (χ3v) is 5.30. The van der Waals surface area contributed by atoms with Crippen molar-refractivity contribution < 1.29 is 27.6 Å². The molecule has 3 rings (SSSR count). The minimum Gasteiger partial charge on any atom is -0.325 e. The number of amides is 4. The number of urea groups is 1. The fourth-order valence-corrected chi connectivity index (χ4v) is 3.73. The van der Waals surface area contributed by atoms with E-state index in [0.29, 0.717) is 6.42 Å². The van der Waals surface area contributed by atoms with Gasteiger partial charge in [0.05, 0.1) is 5.56 Å². The average Bonchev–Trinajstić information content (AvgIpc) is 2.82. The number of rotatable bonds is 3. The number of carbonyl (C=O) groups excluding carboxylic acids is 3. The van der Waals surface area contributed by atoms with Crippen LogP contribution in [0.25, 0.3) is 0 Å². The van der Waals surface area contributed by atoms with Crippen LogP contribution < -0.4 is 10.6 Å². The molecule has 1 saturated carbocycles. The predicted molar refractivity (Wildman–Crippen MR) is 90.7 cm³/mol. The number of nitrogens with zero attached hydrogens (tertiary/aromatic N) is 1. The molecule has 1 aromatic carbocycles. The van der Waals surface area contributed by atoms with Crippen LogP contribution in [0.5, 0.6) is 0 Å². The van der Waals surface area contributed by atoms with Gasteiger partial charge < -0.3 is 10.6 Å². The molecule has 1 saturated heterocycles. The molecule has 2 fully saturated rings. The molecule has 1 aliphatic heterocycles. The van der Waals surface area contributed by atoms with Crippen molar-refractivity contribution in [2.45, 2.75) is 44.3 Å². The summed E-state index contributed by atoms with van der Waals surface area (Å²) in [4.78, 5) is 38.1. The fourth-order valence-electron chi connectivity index (χ4n) is 3.73. The summed E-state index contributed by atoms with van der Waals surface area (Å²) in [5, 5.41) is 5.16. The molecule has 146 valence electrons. The Bertz CT molecular complexity index is 763. The summed E-state index contributed by atoms with van der Waals surface area (Å²) in [6.45, 7) is 1.42. The molecule has 27 heavy (non-hydrogen) atoms. The van der Waals surface area contributed by atoms with Gasteiger partial charge in [-0.1, -0.05) is 19.8 Å². The molecule has 1 heterocycles. The van der Waals surface area contributed by atoms with Gasteiger partial charge in [0.2, 0.25) is 5.91 Å². The van der Waals surface area contributed by atoms with Crippen LogP contribution in [-0.2, 0) is 15.8 Å². The van der Waals surface area contributed by atoms with Crippen LogP contribution in [0.4, 0.5) is 23.7 Å². The molecule has 2 N–H and O–H groups in total. The van der Waals surface area contributed by atoms with E-state index in [2.05, 4.69) is 10.6 Å². The number of carbonyl (C=O) groups is 3. The third kappa shape index (κ3) is 3.63. The molecular formula is C18H20F3N3O3. The molecule has 1 spiro atoms. The van der Waals surface area contributed by atoms with Gasteiger partial charge >= 0.3 is 12.2 Å². The van der Waals surface area contributed by atoms with Crippen LogP contribution in [0.3, 0.4) is 0 Å². The average molecular weight is 383 g/mol. The number of halogens is 3. The smallest absolute Gasteiger partial charge is 0.325 e. The van der Waals surface area contributed by atoms with E-state index in [1.54, 1.807) is 0 Å². The Kier molecular flexibility index (Phi) is 4.88. The van der Waals surface area contributed by atoms with Crippen molar-refractivity contribution in [1.82, 2.24) is 10.2 Å². The summed E-state index contributed by atoms with van der Waals surface area (Å²) in [5.74, 6) is -1.09. The summed E-state index contributed by atoms with van der Waals surface area (Å²) in [7, 11) is 0. The summed E-state index contributed by atoms with van der Waals surface area (Å²) in [6, 6.07) is 3.33.